The van der Waals surface area contributed by atoms with Gasteiger partial charge in [0.25, 0.3) is 5.91 Å². The molecule has 0 unspecified atom stereocenters. The Kier molecular flexibility index (Phi) is 5.31. The Morgan fingerprint density at radius 2 is 1.78 bits per heavy atom. The second-order valence-electron chi connectivity index (χ2n) is 6.62. The third-order valence-corrected chi connectivity index (χ3v) is 4.49. The second-order valence-corrected chi connectivity index (χ2v) is 6.62. The monoisotopic (exact) mass is 367 g/mol. The van der Waals surface area contributed by atoms with Crippen LogP contribution >= 0.6 is 0 Å². The zero-order chi connectivity index (χ0) is 19.6. The van der Waals surface area contributed by atoms with Crippen molar-refractivity contribution in [2.24, 2.45) is 0 Å². The highest BCUT2D eigenvalue weighted by Crippen LogP contribution is 2.23. The van der Waals surface area contributed by atoms with Crippen molar-refractivity contribution in [1.82, 2.24) is 0 Å². The first-order chi connectivity index (χ1) is 12.9. The van der Waals surface area contributed by atoms with E-state index in [1.54, 1.807) is 18.2 Å². The molecule has 0 aliphatic rings. The van der Waals surface area contributed by atoms with Gasteiger partial charge in [-0.3, -0.25) is 4.79 Å². The average Bonchev–Trinajstić information content (AvgIpc) is 3.07. The van der Waals surface area contributed by atoms with Crippen LogP contribution in [-0.4, -0.2) is 13.0 Å². The number of rotatable bonds is 5. The molecule has 140 valence electrons. The Morgan fingerprint density at radius 1 is 1.07 bits per heavy atom. The van der Waals surface area contributed by atoms with Crippen molar-refractivity contribution in [2.45, 2.75) is 27.2 Å². The van der Waals surface area contributed by atoms with Gasteiger partial charge in [0.05, 0.1) is 7.11 Å². The summed E-state index contributed by atoms with van der Waals surface area (Å²) in [5.74, 6) is 0.0424. The number of nitrogens with one attached hydrogen (secondary N) is 1. The fourth-order valence-electron chi connectivity index (χ4n) is 3.19. The standard InChI is InChI=1S/C22H22FNO3/c1-13-9-14(2)18(15(3)10-13)12-17-6-8-21(27-17)22(25)24-16-5-7-20(26-4)19(23)11-16/h5-11H,12H2,1-4H3,(H,24,25). The Bertz CT molecular complexity index is 968. The number of furan rings is 1. The number of hydrogen-bond acceptors (Lipinski definition) is 3. The van der Waals surface area contributed by atoms with Gasteiger partial charge in [0.2, 0.25) is 0 Å². The van der Waals surface area contributed by atoms with Gasteiger partial charge >= 0.3 is 0 Å². The van der Waals surface area contributed by atoms with E-state index < -0.39 is 11.7 Å². The summed E-state index contributed by atoms with van der Waals surface area (Å²) in [5.41, 5.74) is 5.15. The van der Waals surface area contributed by atoms with Gasteiger partial charge < -0.3 is 14.5 Å². The first-order valence-corrected chi connectivity index (χ1v) is 8.67. The normalized spacial score (nSPS) is 10.7. The lowest BCUT2D eigenvalue weighted by atomic mass is 9.97. The van der Waals surface area contributed by atoms with Crippen LogP contribution in [0.15, 0.2) is 46.9 Å². The zero-order valence-corrected chi connectivity index (χ0v) is 15.9. The van der Waals surface area contributed by atoms with Gasteiger partial charge in [-0.2, -0.15) is 0 Å². The minimum absolute atomic E-state index is 0.122. The maximum absolute atomic E-state index is 13.8. The van der Waals surface area contributed by atoms with E-state index in [-0.39, 0.29) is 11.5 Å². The highest BCUT2D eigenvalue weighted by Gasteiger charge is 2.14. The van der Waals surface area contributed by atoms with Gasteiger partial charge in [-0.05, 0) is 61.7 Å². The van der Waals surface area contributed by atoms with Crippen molar-refractivity contribution in [3.8, 4) is 5.75 Å². The molecule has 1 amide bonds. The number of carbonyl (C=O) groups is 1. The predicted molar refractivity (Wildman–Crippen MR) is 103 cm³/mol. The molecule has 0 bridgehead atoms. The fourth-order valence-corrected chi connectivity index (χ4v) is 3.19. The molecule has 1 N–H and O–H groups in total. The summed E-state index contributed by atoms with van der Waals surface area (Å²) in [4.78, 5) is 12.4. The molecule has 27 heavy (non-hydrogen) atoms. The van der Waals surface area contributed by atoms with Crippen LogP contribution < -0.4 is 10.1 Å². The van der Waals surface area contributed by atoms with E-state index in [4.69, 9.17) is 9.15 Å². The SMILES string of the molecule is COc1ccc(NC(=O)c2ccc(Cc3c(C)cc(C)cc3C)o2)cc1F. The first kappa shape index (κ1) is 18.7. The van der Waals surface area contributed by atoms with Crippen LogP contribution in [-0.2, 0) is 6.42 Å². The smallest absolute Gasteiger partial charge is 0.291 e. The molecule has 0 atom stereocenters. The molecule has 2 aromatic carbocycles. The third-order valence-electron chi connectivity index (χ3n) is 4.49. The number of methoxy groups -OCH3 is 1. The summed E-state index contributed by atoms with van der Waals surface area (Å²) in [6, 6.07) is 11.9. The average molecular weight is 367 g/mol. The van der Waals surface area contributed by atoms with Crippen molar-refractivity contribution in [2.75, 3.05) is 12.4 Å². The first-order valence-electron chi connectivity index (χ1n) is 8.67. The summed E-state index contributed by atoms with van der Waals surface area (Å²) in [7, 11) is 1.39. The topological polar surface area (TPSA) is 51.5 Å². The maximum atomic E-state index is 13.8. The minimum atomic E-state index is -0.541. The van der Waals surface area contributed by atoms with Crippen LogP contribution in [0.3, 0.4) is 0 Å². The fraction of sp³-hybridized carbons (Fsp3) is 0.227. The minimum Gasteiger partial charge on any atom is -0.494 e. The molecular formula is C22H22FNO3. The lowest BCUT2D eigenvalue weighted by molar-refractivity contribution is 0.0995. The van der Waals surface area contributed by atoms with Crippen molar-refractivity contribution < 1.29 is 18.3 Å². The summed E-state index contributed by atoms with van der Waals surface area (Å²) in [5, 5.41) is 2.63. The van der Waals surface area contributed by atoms with E-state index in [1.165, 1.54) is 41.5 Å². The molecule has 4 nitrogen and oxygen atoms in total. The molecule has 0 aliphatic heterocycles. The molecule has 0 spiro atoms. The summed E-state index contributed by atoms with van der Waals surface area (Å²) in [6.45, 7) is 6.22. The van der Waals surface area contributed by atoms with Crippen LogP contribution in [0, 0.1) is 26.6 Å². The lowest BCUT2D eigenvalue weighted by Gasteiger charge is -2.10. The Balaban J connectivity index is 1.74. The number of amides is 1. The highest BCUT2D eigenvalue weighted by atomic mass is 19.1. The molecule has 3 rings (SSSR count). The van der Waals surface area contributed by atoms with E-state index in [0.717, 1.165) is 0 Å². The van der Waals surface area contributed by atoms with Gasteiger partial charge in [0.15, 0.2) is 17.3 Å². The molecule has 1 aromatic heterocycles. The molecule has 0 saturated carbocycles. The Labute approximate surface area is 158 Å². The Hall–Kier alpha value is -3.08. The summed E-state index contributed by atoms with van der Waals surface area (Å²) >= 11 is 0. The van der Waals surface area contributed by atoms with E-state index >= 15 is 0 Å². The summed E-state index contributed by atoms with van der Waals surface area (Å²) < 4.78 is 24.3. The summed E-state index contributed by atoms with van der Waals surface area (Å²) in [6.07, 6.45) is 0.613. The molecule has 1 heterocycles. The molecule has 0 aliphatic carbocycles. The number of anilines is 1. The van der Waals surface area contributed by atoms with Crippen molar-refractivity contribution in [3.63, 3.8) is 0 Å². The van der Waals surface area contributed by atoms with E-state index in [9.17, 15) is 9.18 Å². The van der Waals surface area contributed by atoms with Gasteiger partial charge in [-0.15, -0.1) is 0 Å². The van der Waals surface area contributed by atoms with Gasteiger partial charge in [-0.1, -0.05) is 17.7 Å². The largest absolute Gasteiger partial charge is 0.494 e. The van der Waals surface area contributed by atoms with E-state index in [1.807, 2.05) is 0 Å². The Morgan fingerprint density at radius 3 is 2.41 bits per heavy atom. The number of halogens is 1. The lowest BCUT2D eigenvalue weighted by Crippen LogP contribution is -2.11. The van der Waals surface area contributed by atoms with Crippen LogP contribution in [0.25, 0.3) is 0 Å². The van der Waals surface area contributed by atoms with Crippen LogP contribution in [0.1, 0.15) is 38.6 Å². The molecule has 0 radical (unpaired) electrons. The van der Waals surface area contributed by atoms with Crippen molar-refractivity contribution in [1.29, 1.82) is 0 Å². The molecule has 0 saturated heterocycles. The van der Waals surface area contributed by atoms with Gasteiger partial charge in [0, 0.05) is 18.2 Å². The molecular weight excluding hydrogens is 345 g/mol. The molecule has 3 aromatic rings. The number of benzene rings is 2. The van der Waals surface area contributed by atoms with Gasteiger partial charge in [0.1, 0.15) is 5.76 Å². The third kappa shape index (κ3) is 4.19. The van der Waals surface area contributed by atoms with Gasteiger partial charge in [-0.25, -0.2) is 4.39 Å². The maximum Gasteiger partial charge on any atom is 0.291 e. The second kappa shape index (κ2) is 7.66. The van der Waals surface area contributed by atoms with E-state index in [0.29, 0.717) is 17.9 Å². The van der Waals surface area contributed by atoms with Crippen LogP contribution in [0.4, 0.5) is 10.1 Å². The van der Waals surface area contributed by atoms with Crippen LogP contribution in [0.5, 0.6) is 5.75 Å². The number of carbonyl (C=O) groups excluding carboxylic acids is 1. The van der Waals surface area contributed by atoms with E-state index in [2.05, 4.69) is 38.2 Å². The molecule has 5 heteroatoms. The van der Waals surface area contributed by atoms with Crippen molar-refractivity contribution in [3.05, 3.63) is 82.1 Å². The van der Waals surface area contributed by atoms with Crippen molar-refractivity contribution >= 4 is 11.6 Å². The number of hydrogen-bond donors (Lipinski definition) is 1. The quantitative estimate of drug-likeness (QED) is 0.675. The molecule has 0 fully saturated rings. The zero-order valence-electron chi connectivity index (χ0n) is 15.9. The number of ether oxygens (including phenoxy) is 1. The highest BCUT2D eigenvalue weighted by molar-refractivity contribution is 6.02. The number of aryl methyl sites for hydroxylation is 3. The predicted octanol–water partition coefficient (Wildman–Crippen LogP) is 5.20. The van der Waals surface area contributed by atoms with Crippen LogP contribution in [0.2, 0.25) is 0 Å².